The molecule has 12 heteroatoms. The van der Waals surface area contributed by atoms with Gasteiger partial charge in [-0.3, -0.25) is 9.36 Å². The highest BCUT2D eigenvalue weighted by atomic mass is 35.5. The molecule has 1 atom stereocenters. The molecule has 2 aromatic rings. The molecule has 0 saturated heterocycles. The van der Waals surface area contributed by atoms with E-state index < -0.39 is 46.7 Å². The molecule has 146 valence electrons. The van der Waals surface area contributed by atoms with E-state index >= 15 is 0 Å². The molecule has 0 amide bonds. The van der Waals surface area contributed by atoms with Crippen molar-refractivity contribution in [2.75, 3.05) is 0 Å². The second-order valence-electron chi connectivity index (χ2n) is 5.37. The summed E-state index contributed by atoms with van der Waals surface area (Å²) in [6, 6.07) is 1.54. The molecule has 1 aromatic heterocycles. The van der Waals surface area contributed by atoms with Crippen molar-refractivity contribution in [3.05, 3.63) is 55.6 Å². The first-order valence-electron chi connectivity index (χ1n) is 7.13. The van der Waals surface area contributed by atoms with Gasteiger partial charge in [-0.25, -0.2) is 18.5 Å². The van der Waals surface area contributed by atoms with E-state index in [1.165, 1.54) is 0 Å². The molecule has 1 N–H and O–H groups in total. The Balaban J connectivity index is 2.73. The van der Waals surface area contributed by atoms with Crippen molar-refractivity contribution in [1.82, 2.24) is 9.13 Å². The average Bonchev–Trinajstić information content (AvgIpc) is 2.53. The largest absolute Gasteiger partial charge is 0.479 e. The summed E-state index contributed by atoms with van der Waals surface area (Å²) in [5, 5.41) is 8.49. The molecular weight excluding hydrogens is 400 g/mol. The van der Waals surface area contributed by atoms with E-state index in [1.807, 2.05) is 0 Å². The maximum atomic E-state index is 14.3. The Morgan fingerprint density at radius 1 is 1.26 bits per heavy atom. The van der Waals surface area contributed by atoms with Crippen LogP contribution in [0.25, 0.3) is 5.69 Å². The minimum atomic E-state index is -4.98. The molecule has 2 rings (SSSR count). The highest BCUT2D eigenvalue weighted by Crippen LogP contribution is 2.30. The summed E-state index contributed by atoms with van der Waals surface area (Å²) in [5.41, 5.74) is -5.16. The van der Waals surface area contributed by atoms with Crippen LogP contribution in [0.4, 0.5) is 17.6 Å². The van der Waals surface area contributed by atoms with Gasteiger partial charge in [-0.15, -0.1) is 0 Å². The number of benzene rings is 1. The van der Waals surface area contributed by atoms with E-state index in [-0.39, 0.29) is 26.0 Å². The molecule has 7 nitrogen and oxygen atoms in total. The van der Waals surface area contributed by atoms with Crippen LogP contribution in [-0.4, -0.2) is 26.3 Å². The third-order valence-electron chi connectivity index (χ3n) is 3.50. The Morgan fingerprint density at radius 3 is 2.37 bits per heavy atom. The number of ether oxygens (including phenoxy) is 1. The van der Waals surface area contributed by atoms with Crippen LogP contribution >= 0.6 is 11.6 Å². The van der Waals surface area contributed by atoms with Gasteiger partial charge in [-0.2, -0.15) is 13.2 Å². The van der Waals surface area contributed by atoms with E-state index in [4.69, 9.17) is 21.4 Å². The summed E-state index contributed by atoms with van der Waals surface area (Å²) < 4.78 is 58.2. The first-order valence-corrected chi connectivity index (χ1v) is 7.51. The van der Waals surface area contributed by atoms with Gasteiger partial charge in [-0.05, 0) is 13.0 Å². The Labute approximate surface area is 153 Å². The summed E-state index contributed by atoms with van der Waals surface area (Å²) in [7, 11) is 0.763. The normalized spacial score (nSPS) is 12.7. The van der Waals surface area contributed by atoms with Crippen molar-refractivity contribution in [3.63, 3.8) is 0 Å². The monoisotopic (exact) mass is 410 g/mol. The average molecular weight is 411 g/mol. The van der Waals surface area contributed by atoms with Crippen LogP contribution in [-0.2, 0) is 18.0 Å². The van der Waals surface area contributed by atoms with Gasteiger partial charge in [-0.1, -0.05) is 11.6 Å². The second-order valence-corrected chi connectivity index (χ2v) is 5.78. The second kappa shape index (κ2) is 7.06. The minimum Gasteiger partial charge on any atom is -0.479 e. The van der Waals surface area contributed by atoms with Crippen molar-refractivity contribution >= 4 is 17.6 Å². The molecule has 0 radical (unpaired) electrons. The molecule has 0 aliphatic rings. The lowest BCUT2D eigenvalue weighted by atomic mass is 10.2. The fourth-order valence-electron chi connectivity index (χ4n) is 2.14. The molecule has 0 aliphatic carbocycles. The summed E-state index contributed by atoms with van der Waals surface area (Å²) >= 11 is 5.76. The maximum Gasteiger partial charge on any atom is 0.431 e. The highest BCUT2D eigenvalue weighted by molar-refractivity contribution is 6.32. The maximum absolute atomic E-state index is 14.3. The predicted octanol–water partition coefficient (Wildman–Crippen LogP) is 2.20. The van der Waals surface area contributed by atoms with Crippen LogP contribution in [0.1, 0.15) is 12.6 Å². The Hall–Kier alpha value is -2.82. The number of carboxylic acids is 1. The third kappa shape index (κ3) is 3.97. The zero-order chi connectivity index (χ0) is 20.7. The van der Waals surface area contributed by atoms with Gasteiger partial charge in [0.05, 0.1) is 10.7 Å². The molecule has 1 unspecified atom stereocenters. The SMILES string of the molecule is CC(Oc1cc(-n2c(=O)cc(C(F)(F)F)n(C)c2=O)c(F)cc1Cl)C(=O)O. The molecule has 1 heterocycles. The van der Waals surface area contributed by atoms with Gasteiger partial charge in [0.1, 0.15) is 17.3 Å². The molecule has 0 aliphatic heterocycles. The Bertz CT molecular complexity index is 1030. The number of halogens is 5. The van der Waals surface area contributed by atoms with Crippen molar-refractivity contribution in [2.45, 2.75) is 19.2 Å². The van der Waals surface area contributed by atoms with Crippen molar-refractivity contribution < 1.29 is 32.2 Å². The number of rotatable bonds is 4. The summed E-state index contributed by atoms with van der Waals surface area (Å²) in [6.07, 6.45) is -6.39. The van der Waals surface area contributed by atoms with E-state index in [2.05, 4.69) is 0 Å². The van der Waals surface area contributed by atoms with Gasteiger partial charge in [0.2, 0.25) is 0 Å². The first-order chi connectivity index (χ1) is 12.3. The topological polar surface area (TPSA) is 90.5 Å². The lowest BCUT2D eigenvalue weighted by molar-refractivity contribution is -0.144. The standard InChI is InChI=1S/C15H11ClF4N2O5/c1-6(13(24)25)27-10-4-9(8(17)3-7(10)16)22-12(23)5-11(15(18,19)20)21(2)14(22)26/h3-6H,1-2H3,(H,24,25). The van der Waals surface area contributed by atoms with Crippen LogP contribution in [0.5, 0.6) is 5.75 Å². The zero-order valence-electron chi connectivity index (χ0n) is 13.7. The van der Waals surface area contributed by atoms with Gasteiger partial charge in [0.25, 0.3) is 5.56 Å². The summed E-state index contributed by atoms with van der Waals surface area (Å²) in [5.74, 6) is -2.95. The van der Waals surface area contributed by atoms with Gasteiger partial charge >= 0.3 is 17.8 Å². The molecule has 0 saturated carbocycles. The minimum absolute atomic E-state index is 0.135. The fraction of sp³-hybridized carbons (Fsp3) is 0.267. The number of alkyl halides is 3. The summed E-state index contributed by atoms with van der Waals surface area (Å²) in [6.45, 7) is 1.14. The number of hydrogen-bond acceptors (Lipinski definition) is 4. The Kier molecular flexibility index (Phi) is 5.36. The number of nitrogens with zero attached hydrogens (tertiary/aromatic N) is 2. The Morgan fingerprint density at radius 2 is 1.85 bits per heavy atom. The van der Waals surface area contributed by atoms with Crippen LogP contribution in [0.15, 0.2) is 27.8 Å². The number of aliphatic carboxylic acids is 1. The fourth-order valence-corrected chi connectivity index (χ4v) is 2.34. The van der Waals surface area contributed by atoms with E-state index in [0.29, 0.717) is 6.07 Å². The quantitative estimate of drug-likeness (QED) is 0.780. The first kappa shape index (κ1) is 20.5. The predicted molar refractivity (Wildman–Crippen MR) is 85.0 cm³/mol. The van der Waals surface area contributed by atoms with E-state index in [9.17, 15) is 31.9 Å². The third-order valence-corrected chi connectivity index (χ3v) is 3.80. The van der Waals surface area contributed by atoms with Crippen LogP contribution < -0.4 is 16.0 Å². The number of hydrogen-bond donors (Lipinski definition) is 1. The molecule has 0 bridgehead atoms. The lowest BCUT2D eigenvalue weighted by Crippen LogP contribution is -2.41. The van der Waals surface area contributed by atoms with Crippen LogP contribution in [0.2, 0.25) is 5.02 Å². The van der Waals surface area contributed by atoms with Crippen LogP contribution in [0, 0.1) is 5.82 Å². The zero-order valence-corrected chi connectivity index (χ0v) is 14.4. The summed E-state index contributed by atoms with van der Waals surface area (Å²) in [4.78, 5) is 35.1. The van der Waals surface area contributed by atoms with Crippen LogP contribution in [0.3, 0.4) is 0 Å². The highest BCUT2D eigenvalue weighted by Gasteiger charge is 2.35. The van der Waals surface area contributed by atoms with Gasteiger partial charge in [0, 0.05) is 19.2 Å². The molecule has 27 heavy (non-hydrogen) atoms. The molecule has 0 fully saturated rings. The van der Waals surface area contributed by atoms with E-state index in [0.717, 1.165) is 20.0 Å². The van der Waals surface area contributed by atoms with Gasteiger partial charge < -0.3 is 9.84 Å². The van der Waals surface area contributed by atoms with Crippen molar-refractivity contribution in [2.24, 2.45) is 7.05 Å². The van der Waals surface area contributed by atoms with E-state index in [1.54, 1.807) is 0 Å². The smallest absolute Gasteiger partial charge is 0.431 e. The van der Waals surface area contributed by atoms with Gasteiger partial charge in [0.15, 0.2) is 6.10 Å². The number of carboxylic acid groups (broad SMARTS) is 1. The number of carbonyl (C=O) groups is 1. The van der Waals surface area contributed by atoms with Crippen molar-refractivity contribution in [3.8, 4) is 11.4 Å². The molecule has 1 aromatic carbocycles. The molecular formula is C15H11ClF4N2O5. The number of aromatic nitrogens is 2. The lowest BCUT2D eigenvalue weighted by Gasteiger charge is -2.16. The van der Waals surface area contributed by atoms with Crippen molar-refractivity contribution in [1.29, 1.82) is 0 Å². The molecule has 0 spiro atoms.